The number of halogens is 2. The number of fused-ring (bicyclic) bond motifs is 1. The number of aryl methyl sites for hydroxylation is 1. The van der Waals surface area contributed by atoms with Crippen LogP contribution in [0, 0.1) is 0 Å². The molecule has 0 aliphatic heterocycles. The predicted molar refractivity (Wildman–Crippen MR) is 85.4 cm³/mol. The van der Waals surface area contributed by atoms with E-state index in [0.717, 1.165) is 5.39 Å². The minimum atomic E-state index is -2.92. The maximum Gasteiger partial charge on any atom is 0.387 e. The number of aromatic nitrogens is 2. The molecule has 3 rings (SSSR count). The smallest absolute Gasteiger partial charge is 0.387 e. The zero-order valence-electron chi connectivity index (χ0n) is 12.5. The average molecular weight is 315 g/mol. The van der Waals surface area contributed by atoms with Gasteiger partial charge < -0.3 is 10.5 Å². The Labute approximate surface area is 131 Å². The standard InChI is InChI=1S/C17H15F2N3O/c1-2-12-11(6-8-14(20)22-12)15-13(23-17(18)19)7-5-10-4-3-9-21-16(10)15/h3-9,17H,2H2,1H3,(H2,20,22). The second-order valence-corrected chi connectivity index (χ2v) is 4.98. The van der Waals surface area contributed by atoms with E-state index in [1.165, 1.54) is 6.07 Å². The van der Waals surface area contributed by atoms with E-state index in [-0.39, 0.29) is 5.75 Å². The van der Waals surface area contributed by atoms with Crippen molar-refractivity contribution in [1.29, 1.82) is 0 Å². The Morgan fingerprint density at radius 1 is 1.17 bits per heavy atom. The second kappa shape index (κ2) is 6.16. The van der Waals surface area contributed by atoms with Gasteiger partial charge in [-0.1, -0.05) is 13.0 Å². The number of benzene rings is 1. The third kappa shape index (κ3) is 2.92. The fourth-order valence-corrected chi connectivity index (χ4v) is 2.60. The second-order valence-electron chi connectivity index (χ2n) is 4.98. The van der Waals surface area contributed by atoms with Gasteiger partial charge >= 0.3 is 6.61 Å². The molecule has 0 saturated heterocycles. The highest BCUT2D eigenvalue weighted by atomic mass is 19.3. The van der Waals surface area contributed by atoms with E-state index in [1.54, 1.807) is 30.5 Å². The zero-order valence-corrected chi connectivity index (χ0v) is 12.5. The van der Waals surface area contributed by atoms with Crippen LogP contribution >= 0.6 is 0 Å². The third-order valence-corrected chi connectivity index (χ3v) is 3.55. The average Bonchev–Trinajstić information content (AvgIpc) is 2.54. The summed E-state index contributed by atoms with van der Waals surface area (Å²) in [5.41, 5.74) is 8.24. The molecule has 0 amide bonds. The van der Waals surface area contributed by atoms with Crippen LogP contribution in [0.3, 0.4) is 0 Å². The number of pyridine rings is 2. The molecule has 0 unspecified atom stereocenters. The predicted octanol–water partition coefficient (Wildman–Crippen LogP) is 4.04. The van der Waals surface area contributed by atoms with Gasteiger partial charge in [0.15, 0.2) is 0 Å². The van der Waals surface area contributed by atoms with E-state index in [0.29, 0.717) is 34.6 Å². The number of anilines is 1. The van der Waals surface area contributed by atoms with Crippen LogP contribution in [-0.4, -0.2) is 16.6 Å². The van der Waals surface area contributed by atoms with Crippen molar-refractivity contribution in [3.63, 3.8) is 0 Å². The van der Waals surface area contributed by atoms with Crippen LogP contribution in [0.15, 0.2) is 42.6 Å². The minimum Gasteiger partial charge on any atom is -0.434 e. The molecule has 0 aliphatic carbocycles. The highest BCUT2D eigenvalue weighted by Crippen LogP contribution is 2.38. The van der Waals surface area contributed by atoms with Gasteiger partial charge in [-0.3, -0.25) is 4.98 Å². The Morgan fingerprint density at radius 2 is 2.00 bits per heavy atom. The van der Waals surface area contributed by atoms with Gasteiger partial charge in [0.1, 0.15) is 11.6 Å². The van der Waals surface area contributed by atoms with Gasteiger partial charge in [0.2, 0.25) is 0 Å². The molecule has 23 heavy (non-hydrogen) atoms. The van der Waals surface area contributed by atoms with Crippen molar-refractivity contribution < 1.29 is 13.5 Å². The summed E-state index contributed by atoms with van der Waals surface area (Å²) in [6.45, 7) is -0.987. The summed E-state index contributed by atoms with van der Waals surface area (Å²) in [6.07, 6.45) is 2.23. The fraction of sp³-hybridized carbons (Fsp3) is 0.176. The minimum absolute atomic E-state index is 0.0764. The van der Waals surface area contributed by atoms with Crippen LogP contribution in [0.2, 0.25) is 0 Å². The van der Waals surface area contributed by atoms with Crippen LogP contribution in [0.1, 0.15) is 12.6 Å². The lowest BCUT2D eigenvalue weighted by atomic mass is 9.98. The number of rotatable bonds is 4. The Balaban J connectivity index is 2.33. The normalized spacial score (nSPS) is 11.1. The lowest BCUT2D eigenvalue weighted by molar-refractivity contribution is -0.0493. The molecule has 2 N–H and O–H groups in total. The van der Waals surface area contributed by atoms with Crippen molar-refractivity contribution in [3.05, 3.63) is 48.3 Å². The van der Waals surface area contributed by atoms with Crippen LogP contribution in [0.25, 0.3) is 22.0 Å². The van der Waals surface area contributed by atoms with E-state index in [9.17, 15) is 8.78 Å². The fourth-order valence-electron chi connectivity index (χ4n) is 2.60. The summed E-state index contributed by atoms with van der Waals surface area (Å²) in [7, 11) is 0. The SMILES string of the molecule is CCc1nc(N)ccc1-c1c(OC(F)F)ccc2cccnc12. The summed E-state index contributed by atoms with van der Waals surface area (Å²) in [5.74, 6) is 0.461. The number of ether oxygens (including phenoxy) is 1. The summed E-state index contributed by atoms with van der Waals surface area (Å²) >= 11 is 0. The molecule has 118 valence electrons. The Hall–Kier alpha value is -2.76. The van der Waals surface area contributed by atoms with Crippen molar-refractivity contribution in [3.8, 4) is 16.9 Å². The molecule has 2 heterocycles. The van der Waals surface area contributed by atoms with E-state index in [1.807, 2.05) is 13.0 Å². The molecule has 0 saturated carbocycles. The Bertz CT molecular complexity index is 852. The molecule has 0 spiro atoms. The van der Waals surface area contributed by atoms with Crippen LogP contribution < -0.4 is 10.5 Å². The molecule has 6 heteroatoms. The van der Waals surface area contributed by atoms with Crippen molar-refractivity contribution >= 4 is 16.7 Å². The highest BCUT2D eigenvalue weighted by Gasteiger charge is 2.18. The van der Waals surface area contributed by atoms with Gasteiger partial charge in [0.05, 0.1) is 16.8 Å². The molecule has 0 fully saturated rings. The Morgan fingerprint density at radius 3 is 2.74 bits per heavy atom. The van der Waals surface area contributed by atoms with Gasteiger partial charge in [-0.05, 0) is 36.8 Å². The first-order chi connectivity index (χ1) is 11.1. The van der Waals surface area contributed by atoms with E-state index < -0.39 is 6.61 Å². The van der Waals surface area contributed by atoms with Gasteiger partial charge in [0, 0.05) is 17.1 Å². The number of hydrogen-bond donors (Lipinski definition) is 1. The van der Waals surface area contributed by atoms with Crippen LogP contribution in [0.5, 0.6) is 5.75 Å². The molecule has 4 nitrogen and oxygen atoms in total. The molecule has 0 aliphatic rings. The molecule has 3 aromatic rings. The van der Waals surface area contributed by atoms with E-state index in [4.69, 9.17) is 10.5 Å². The number of nitrogen functional groups attached to an aromatic ring is 1. The number of nitrogens with zero attached hydrogens (tertiary/aromatic N) is 2. The molecular weight excluding hydrogens is 300 g/mol. The van der Waals surface area contributed by atoms with Crippen molar-refractivity contribution in [2.75, 3.05) is 5.73 Å². The highest BCUT2D eigenvalue weighted by molar-refractivity contribution is 5.97. The summed E-state index contributed by atoms with van der Waals surface area (Å²) in [6, 6.07) is 10.3. The van der Waals surface area contributed by atoms with Gasteiger partial charge in [0.25, 0.3) is 0 Å². The molecular formula is C17H15F2N3O. The first-order valence-electron chi connectivity index (χ1n) is 7.18. The maximum absolute atomic E-state index is 12.8. The maximum atomic E-state index is 12.8. The van der Waals surface area contributed by atoms with Crippen molar-refractivity contribution in [2.24, 2.45) is 0 Å². The van der Waals surface area contributed by atoms with Gasteiger partial charge in [-0.25, -0.2) is 4.98 Å². The molecule has 0 bridgehead atoms. The summed E-state index contributed by atoms with van der Waals surface area (Å²) < 4.78 is 30.3. The molecule has 0 atom stereocenters. The zero-order chi connectivity index (χ0) is 16.4. The van der Waals surface area contributed by atoms with Gasteiger partial charge in [-0.15, -0.1) is 0 Å². The topological polar surface area (TPSA) is 61.0 Å². The first kappa shape index (κ1) is 15.1. The lowest BCUT2D eigenvalue weighted by Gasteiger charge is -2.15. The Kier molecular flexibility index (Phi) is 4.06. The molecule has 2 aromatic heterocycles. The van der Waals surface area contributed by atoms with Crippen LogP contribution in [0.4, 0.5) is 14.6 Å². The van der Waals surface area contributed by atoms with Gasteiger partial charge in [-0.2, -0.15) is 8.78 Å². The lowest BCUT2D eigenvalue weighted by Crippen LogP contribution is -2.05. The monoisotopic (exact) mass is 315 g/mol. The largest absolute Gasteiger partial charge is 0.434 e. The van der Waals surface area contributed by atoms with Crippen molar-refractivity contribution in [2.45, 2.75) is 20.0 Å². The van der Waals surface area contributed by atoms with E-state index >= 15 is 0 Å². The molecule has 1 aromatic carbocycles. The van der Waals surface area contributed by atoms with Crippen LogP contribution in [-0.2, 0) is 6.42 Å². The first-order valence-corrected chi connectivity index (χ1v) is 7.18. The third-order valence-electron chi connectivity index (χ3n) is 3.55. The number of hydrogen-bond acceptors (Lipinski definition) is 4. The molecule has 0 radical (unpaired) electrons. The van der Waals surface area contributed by atoms with E-state index in [2.05, 4.69) is 9.97 Å². The van der Waals surface area contributed by atoms with Crippen molar-refractivity contribution in [1.82, 2.24) is 9.97 Å². The summed E-state index contributed by atoms with van der Waals surface area (Å²) in [4.78, 5) is 8.64. The quantitative estimate of drug-likeness (QED) is 0.789. The number of alkyl halides is 2. The number of nitrogens with two attached hydrogens (primary N) is 1. The summed E-state index contributed by atoms with van der Waals surface area (Å²) in [5, 5.41) is 0.836.